The van der Waals surface area contributed by atoms with Crippen LogP contribution in [0.25, 0.3) is 0 Å². The van der Waals surface area contributed by atoms with E-state index in [2.05, 4.69) is 5.32 Å². The van der Waals surface area contributed by atoms with Gasteiger partial charge < -0.3 is 15.0 Å². The molecule has 2 N–H and O–H groups in total. The van der Waals surface area contributed by atoms with Crippen LogP contribution >= 0.6 is 0 Å². The largest absolute Gasteiger partial charge is 0.539 e. The van der Waals surface area contributed by atoms with Crippen molar-refractivity contribution < 1.29 is 9.68 Å². The van der Waals surface area contributed by atoms with Crippen LogP contribution < -0.4 is 9.97 Å². The smallest absolute Gasteiger partial charge is 0.504 e. The average Bonchev–Trinajstić information content (AvgIpc) is 2.06. The molecule has 0 saturated carbocycles. The predicted octanol–water partition coefficient (Wildman–Crippen LogP) is 0.756. The van der Waals surface area contributed by atoms with Crippen molar-refractivity contribution in [3.8, 4) is 5.75 Å². The summed E-state index contributed by atoms with van der Waals surface area (Å²) in [5.41, 5.74) is 1.00. The maximum absolute atomic E-state index is 8.50. The van der Waals surface area contributed by atoms with E-state index in [0.717, 1.165) is 12.2 Å². The number of rotatable bonds is 4. The molecule has 0 aliphatic carbocycles. The third-order valence-electron chi connectivity index (χ3n) is 1.45. The minimum absolute atomic E-state index is 0.282. The molecule has 0 aliphatic heterocycles. The highest BCUT2D eigenvalue weighted by Gasteiger charge is 1.94. The fourth-order valence-corrected chi connectivity index (χ4v) is 0.975. The molecular formula is C8H12BNO2. The fraction of sp³-hybridized carbons (Fsp3) is 0.250. The molecule has 0 aromatic heterocycles. The van der Waals surface area contributed by atoms with E-state index in [1.807, 2.05) is 25.1 Å². The van der Waals surface area contributed by atoms with Crippen molar-refractivity contribution in [2.45, 2.75) is 6.92 Å². The number of nitrogens with one attached hydrogen (secondary N) is 1. The standard InChI is InChI=1S/C8H12BNO2/c1-2-10-7-4-3-5-8(6-7)12-9-11/h3-6,9-11H,2H2,1H3. The predicted molar refractivity (Wildman–Crippen MR) is 50.6 cm³/mol. The van der Waals surface area contributed by atoms with Crippen LogP contribution in [0.5, 0.6) is 5.75 Å². The molecule has 12 heavy (non-hydrogen) atoms. The summed E-state index contributed by atoms with van der Waals surface area (Å²) in [5.74, 6) is 0.677. The first-order valence-electron chi connectivity index (χ1n) is 3.94. The maximum atomic E-state index is 8.50. The minimum Gasteiger partial charge on any atom is -0.539 e. The highest BCUT2D eigenvalue weighted by molar-refractivity contribution is 6.17. The summed E-state index contributed by atoms with van der Waals surface area (Å²) in [6.45, 7) is 2.90. The minimum atomic E-state index is -0.282. The van der Waals surface area contributed by atoms with Crippen LogP contribution in [-0.2, 0) is 0 Å². The van der Waals surface area contributed by atoms with Gasteiger partial charge in [0.25, 0.3) is 0 Å². The highest BCUT2D eigenvalue weighted by atomic mass is 16.5. The van der Waals surface area contributed by atoms with Gasteiger partial charge in [0.15, 0.2) is 0 Å². The van der Waals surface area contributed by atoms with Crippen molar-refractivity contribution in [3.05, 3.63) is 24.3 Å². The van der Waals surface area contributed by atoms with Crippen LogP contribution in [0.1, 0.15) is 6.92 Å². The van der Waals surface area contributed by atoms with E-state index in [4.69, 9.17) is 9.68 Å². The Morgan fingerprint density at radius 2 is 2.42 bits per heavy atom. The number of anilines is 1. The number of benzene rings is 1. The summed E-state index contributed by atoms with van der Waals surface area (Å²) in [4.78, 5) is 0. The van der Waals surface area contributed by atoms with Crippen LogP contribution in [0, 0.1) is 0 Å². The summed E-state index contributed by atoms with van der Waals surface area (Å²) >= 11 is 0. The summed E-state index contributed by atoms with van der Waals surface area (Å²) in [7, 11) is -0.282. The molecule has 0 saturated heterocycles. The van der Waals surface area contributed by atoms with E-state index in [1.54, 1.807) is 6.07 Å². The Morgan fingerprint density at radius 3 is 3.08 bits per heavy atom. The molecule has 0 amide bonds. The Kier molecular flexibility index (Phi) is 3.48. The van der Waals surface area contributed by atoms with Gasteiger partial charge in [0, 0.05) is 18.3 Å². The molecule has 1 rings (SSSR count). The van der Waals surface area contributed by atoms with Crippen molar-refractivity contribution in [1.29, 1.82) is 0 Å². The quantitative estimate of drug-likeness (QED) is 0.647. The molecule has 1 aromatic rings. The van der Waals surface area contributed by atoms with Crippen molar-refractivity contribution in [3.63, 3.8) is 0 Å². The molecule has 0 bridgehead atoms. The van der Waals surface area contributed by atoms with Gasteiger partial charge in [0.2, 0.25) is 0 Å². The van der Waals surface area contributed by atoms with Gasteiger partial charge in [-0.05, 0) is 19.1 Å². The van der Waals surface area contributed by atoms with Crippen LogP contribution in [0.2, 0.25) is 0 Å². The first-order chi connectivity index (χ1) is 5.86. The lowest BCUT2D eigenvalue weighted by atomic mass is 10.3. The molecule has 0 atom stereocenters. The van der Waals surface area contributed by atoms with Gasteiger partial charge in [-0.1, -0.05) is 6.07 Å². The van der Waals surface area contributed by atoms with Crippen molar-refractivity contribution in [1.82, 2.24) is 0 Å². The van der Waals surface area contributed by atoms with Crippen molar-refractivity contribution in [2.24, 2.45) is 0 Å². The third kappa shape index (κ3) is 2.47. The van der Waals surface area contributed by atoms with E-state index in [0.29, 0.717) is 5.75 Å². The second-order valence-corrected chi connectivity index (χ2v) is 2.33. The molecule has 1 aromatic carbocycles. The first-order valence-corrected chi connectivity index (χ1v) is 3.94. The Bertz CT molecular complexity index is 221. The van der Waals surface area contributed by atoms with Gasteiger partial charge in [0.1, 0.15) is 5.75 Å². The van der Waals surface area contributed by atoms with E-state index in [9.17, 15) is 0 Å². The second kappa shape index (κ2) is 4.67. The van der Waals surface area contributed by atoms with Crippen LogP contribution in [0.3, 0.4) is 0 Å². The van der Waals surface area contributed by atoms with Crippen molar-refractivity contribution >= 4 is 13.4 Å². The normalized spacial score (nSPS) is 9.17. The van der Waals surface area contributed by atoms with Crippen LogP contribution in [0.4, 0.5) is 5.69 Å². The number of hydrogen-bond donors (Lipinski definition) is 2. The highest BCUT2D eigenvalue weighted by Crippen LogP contribution is 2.16. The zero-order valence-corrected chi connectivity index (χ0v) is 7.08. The van der Waals surface area contributed by atoms with E-state index < -0.39 is 0 Å². The SMILES string of the molecule is CCNc1cccc(OBO)c1. The Morgan fingerprint density at radius 1 is 1.58 bits per heavy atom. The summed E-state index contributed by atoms with van der Waals surface area (Å²) < 4.78 is 4.91. The number of hydrogen-bond acceptors (Lipinski definition) is 3. The zero-order valence-electron chi connectivity index (χ0n) is 7.08. The molecule has 0 radical (unpaired) electrons. The Balaban J connectivity index is 2.67. The van der Waals surface area contributed by atoms with Gasteiger partial charge in [0.05, 0.1) is 0 Å². The molecule has 4 heteroatoms. The monoisotopic (exact) mass is 165 g/mol. The van der Waals surface area contributed by atoms with Gasteiger partial charge in [-0.15, -0.1) is 0 Å². The molecule has 0 unspecified atom stereocenters. The lowest BCUT2D eigenvalue weighted by molar-refractivity contribution is 0.454. The topological polar surface area (TPSA) is 41.5 Å². The summed E-state index contributed by atoms with van der Waals surface area (Å²) in [6.07, 6.45) is 0. The molecule has 0 spiro atoms. The average molecular weight is 165 g/mol. The zero-order chi connectivity index (χ0) is 8.81. The van der Waals surface area contributed by atoms with Crippen molar-refractivity contribution in [2.75, 3.05) is 11.9 Å². The first kappa shape index (κ1) is 8.94. The Hall–Kier alpha value is -1.16. The van der Waals surface area contributed by atoms with Crippen LogP contribution in [0.15, 0.2) is 24.3 Å². The summed E-state index contributed by atoms with van der Waals surface area (Å²) in [6, 6.07) is 7.48. The molecule has 0 heterocycles. The Labute approximate surface area is 72.7 Å². The maximum Gasteiger partial charge on any atom is 0.504 e. The van der Waals surface area contributed by atoms with Gasteiger partial charge in [-0.3, -0.25) is 0 Å². The fourth-order valence-electron chi connectivity index (χ4n) is 0.975. The molecule has 64 valence electrons. The molecule has 0 aliphatic rings. The third-order valence-corrected chi connectivity index (χ3v) is 1.45. The van der Waals surface area contributed by atoms with Gasteiger partial charge in [-0.25, -0.2) is 0 Å². The van der Waals surface area contributed by atoms with Crippen LogP contribution in [-0.4, -0.2) is 19.3 Å². The lowest BCUT2D eigenvalue weighted by Crippen LogP contribution is -2.01. The molecule has 3 nitrogen and oxygen atoms in total. The second-order valence-electron chi connectivity index (χ2n) is 2.33. The van der Waals surface area contributed by atoms with E-state index >= 15 is 0 Å². The van der Waals surface area contributed by atoms with E-state index in [-0.39, 0.29) is 7.69 Å². The lowest BCUT2D eigenvalue weighted by Gasteiger charge is -2.05. The molecule has 0 fully saturated rings. The summed E-state index contributed by atoms with van der Waals surface area (Å²) in [5, 5.41) is 11.6. The van der Waals surface area contributed by atoms with Gasteiger partial charge in [-0.2, -0.15) is 0 Å². The van der Waals surface area contributed by atoms with Gasteiger partial charge >= 0.3 is 7.69 Å². The molecular weight excluding hydrogens is 153 g/mol. The van der Waals surface area contributed by atoms with E-state index in [1.165, 1.54) is 0 Å².